The van der Waals surface area contributed by atoms with Crippen LogP contribution in [0.5, 0.6) is 5.75 Å². The highest BCUT2D eigenvalue weighted by Crippen LogP contribution is 2.53. The van der Waals surface area contributed by atoms with E-state index in [2.05, 4.69) is 4.90 Å². The van der Waals surface area contributed by atoms with Gasteiger partial charge in [0.25, 0.3) is 10.0 Å². The minimum atomic E-state index is -3.88. The summed E-state index contributed by atoms with van der Waals surface area (Å²) in [6, 6.07) is 0. The molecule has 2 atom stereocenters. The first-order valence-electron chi connectivity index (χ1n) is 7.52. The molecule has 2 heterocycles. The van der Waals surface area contributed by atoms with Gasteiger partial charge in [-0.1, -0.05) is 0 Å². The van der Waals surface area contributed by atoms with Crippen molar-refractivity contribution in [2.75, 3.05) is 41.1 Å². The molecule has 138 valence electrons. The standard InChI is InChI=1S/C14H24N2O5S3/c1-5-20-8-21-12-11-10(19-4)6-9(7-16(2)3)22-13(11)23-14(12)24(15,17)18/h9-10H,5-8H2,1-4H3,(H2,15,17,18). The number of nitrogens with two attached hydrogens (primary N) is 1. The summed E-state index contributed by atoms with van der Waals surface area (Å²) < 4.78 is 41.3. The van der Waals surface area contributed by atoms with Crippen molar-refractivity contribution in [3.63, 3.8) is 0 Å². The molecule has 0 aliphatic carbocycles. The number of nitrogens with zero attached hydrogens (tertiary/aromatic N) is 1. The molecule has 2 N–H and O–H groups in total. The minimum Gasteiger partial charge on any atom is -0.465 e. The fourth-order valence-electron chi connectivity index (χ4n) is 2.55. The van der Waals surface area contributed by atoms with Gasteiger partial charge in [0.1, 0.15) is 0 Å². The summed E-state index contributed by atoms with van der Waals surface area (Å²) >= 11 is 2.80. The third kappa shape index (κ3) is 4.63. The molecule has 0 aromatic carbocycles. The van der Waals surface area contributed by atoms with Crippen molar-refractivity contribution in [2.45, 2.75) is 33.1 Å². The van der Waals surface area contributed by atoms with Crippen LogP contribution in [-0.4, -0.2) is 59.7 Å². The number of hydrogen-bond donors (Lipinski definition) is 1. The van der Waals surface area contributed by atoms with Crippen LogP contribution in [0, 0.1) is 0 Å². The highest BCUT2D eigenvalue weighted by molar-refractivity contribution is 8.02. The van der Waals surface area contributed by atoms with E-state index in [1.165, 1.54) is 0 Å². The SMILES string of the molecule is CCOCOc1c(S(N)(=O)=O)sc2c1C(OC)CC(CN(C)C)S2. The van der Waals surface area contributed by atoms with Gasteiger partial charge in [-0.2, -0.15) is 0 Å². The lowest BCUT2D eigenvalue weighted by atomic mass is 10.1. The van der Waals surface area contributed by atoms with Gasteiger partial charge in [0.05, 0.1) is 10.3 Å². The molecule has 2 rings (SSSR count). The zero-order chi connectivity index (χ0) is 17.9. The molecule has 0 amide bonds. The Morgan fingerprint density at radius 3 is 2.62 bits per heavy atom. The van der Waals surface area contributed by atoms with Gasteiger partial charge in [0.15, 0.2) is 16.8 Å². The largest absolute Gasteiger partial charge is 0.465 e. The van der Waals surface area contributed by atoms with Crippen LogP contribution in [0.25, 0.3) is 0 Å². The number of primary sulfonamides is 1. The molecule has 10 heteroatoms. The van der Waals surface area contributed by atoms with Crippen molar-refractivity contribution in [1.29, 1.82) is 0 Å². The number of fused-ring (bicyclic) bond motifs is 1. The number of hydrogen-bond acceptors (Lipinski definition) is 8. The lowest BCUT2D eigenvalue weighted by Crippen LogP contribution is -2.28. The highest BCUT2D eigenvalue weighted by Gasteiger charge is 2.37. The van der Waals surface area contributed by atoms with E-state index in [1.54, 1.807) is 18.9 Å². The van der Waals surface area contributed by atoms with Gasteiger partial charge in [0.2, 0.25) is 0 Å². The maximum absolute atomic E-state index is 12.0. The van der Waals surface area contributed by atoms with Crippen molar-refractivity contribution in [3.8, 4) is 5.75 Å². The summed E-state index contributed by atoms with van der Waals surface area (Å²) in [7, 11) is 1.77. The molecule has 24 heavy (non-hydrogen) atoms. The van der Waals surface area contributed by atoms with Crippen LogP contribution in [-0.2, 0) is 19.5 Å². The highest BCUT2D eigenvalue weighted by atomic mass is 32.3. The average Bonchev–Trinajstić information content (AvgIpc) is 2.85. The number of thioether (sulfide) groups is 1. The second-order valence-electron chi connectivity index (χ2n) is 5.68. The molecule has 0 bridgehead atoms. The van der Waals surface area contributed by atoms with Crippen LogP contribution < -0.4 is 9.88 Å². The van der Waals surface area contributed by atoms with Gasteiger partial charge in [-0.25, -0.2) is 13.6 Å². The van der Waals surface area contributed by atoms with Gasteiger partial charge in [0, 0.05) is 31.1 Å². The van der Waals surface area contributed by atoms with Crippen molar-refractivity contribution in [1.82, 2.24) is 4.90 Å². The van der Waals surface area contributed by atoms with Crippen molar-refractivity contribution in [2.24, 2.45) is 5.14 Å². The van der Waals surface area contributed by atoms with Gasteiger partial charge in [-0.3, -0.25) is 0 Å². The van der Waals surface area contributed by atoms with E-state index in [4.69, 9.17) is 19.3 Å². The molecular formula is C14H24N2O5S3. The Balaban J connectivity index is 2.42. The number of thiophene rings is 1. The Morgan fingerprint density at radius 1 is 1.38 bits per heavy atom. The number of methoxy groups -OCH3 is 1. The molecule has 0 spiro atoms. The number of ether oxygens (including phenoxy) is 3. The van der Waals surface area contributed by atoms with Crippen LogP contribution in [0.4, 0.5) is 0 Å². The van der Waals surface area contributed by atoms with E-state index in [0.29, 0.717) is 11.9 Å². The average molecular weight is 397 g/mol. The second kappa shape index (κ2) is 8.35. The minimum absolute atomic E-state index is 0.0234. The Morgan fingerprint density at radius 2 is 2.08 bits per heavy atom. The Bertz CT molecular complexity index is 660. The Labute approximate surface area is 151 Å². The van der Waals surface area contributed by atoms with Crippen molar-refractivity contribution in [3.05, 3.63) is 5.56 Å². The smallest absolute Gasteiger partial charge is 0.251 e. The maximum Gasteiger partial charge on any atom is 0.251 e. The number of sulfonamides is 1. The molecule has 0 radical (unpaired) electrons. The monoisotopic (exact) mass is 396 g/mol. The fraction of sp³-hybridized carbons (Fsp3) is 0.714. The molecule has 1 aliphatic heterocycles. The molecule has 1 aromatic rings. The molecule has 1 aliphatic rings. The van der Waals surface area contributed by atoms with E-state index in [0.717, 1.165) is 34.1 Å². The van der Waals surface area contributed by atoms with Crippen LogP contribution in [0.3, 0.4) is 0 Å². The topological polar surface area (TPSA) is 91.1 Å². The first-order chi connectivity index (χ1) is 11.3. The van der Waals surface area contributed by atoms with E-state index in [9.17, 15) is 8.42 Å². The van der Waals surface area contributed by atoms with Gasteiger partial charge in [-0.15, -0.1) is 23.1 Å². The lowest BCUT2D eigenvalue weighted by Gasteiger charge is -2.30. The maximum atomic E-state index is 12.0. The van der Waals surface area contributed by atoms with E-state index in [1.807, 2.05) is 21.0 Å². The van der Waals surface area contributed by atoms with Crippen LogP contribution in [0.2, 0.25) is 0 Å². The van der Waals surface area contributed by atoms with E-state index < -0.39 is 10.0 Å². The summed E-state index contributed by atoms with van der Waals surface area (Å²) in [5.41, 5.74) is 0.770. The fourth-order valence-corrected chi connectivity index (χ4v) is 6.76. The predicted molar refractivity (Wildman–Crippen MR) is 95.4 cm³/mol. The first-order valence-corrected chi connectivity index (χ1v) is 10.8. The Kier molecular flexibility index (Phi) is 6.94. The summed E-state index contributed by atoms with van der Waals surface area (Å²) in [4.78, 5) is 2.11. The van der Waals surface area contributed by atoms with Crippen molar-refractivity contribution >= 4 is 33.1 Å². The molecule has 2 unspecified atom stereocenters. The summed E-state index contributed by atoms with van der Waals surface area (Å²) in [6.45, 7) is 3.17. The molecule has 1 aromatic heterocycles. The molecule has 0 fully saturated rings. The summed E-state index contributed by atoms with van der Waals surface area (Å²) in [5, 5.41) is 5.69. The zero-order valence-corrected chi connectivity index (χ0v) is 16.7. The lowest BCUT2D eigenvalue weighted by molar-refractivity contribution is 0.0168. The van der Waals surface area contributed by atoms with Crippen LogP contribution in [0.15, 0.2) is 8.42 Å². The first kappa shape index (κ1) is 20.0. The molecular weight excluding hydrogens is 372 g/mol. The van der Waals surface area contributed by atoms with E-state index >= 15 is 0 Å². The summed E-state index contributed by atoms with van der Waals surface area (Å²) in [6.07, 6.45) is 0.549. The van der Waals surface area contributed by atoms with Gasteiger partial charge >= 0.3 is 0 Å². The summed E-state index contributed by atoms with van der Waals surface area (Å²) in [5.74, 6) is 0.272. The normalized spacial score (nSPS) is 21.1. The quantitative estimate of drug-likeness (QED) is 0.530. The predicted octanol–water partition coefficient (Wildman–Crippen LogP) is 1.88. The number of rotatable bonds is 8. The third-order valence-corrected chi connectivity index (χ3v) is 7.58. The van der Waals surface area contributed by atoms with Crippen molar-refractivity contribution < 1.29 is 22.6 Å². The Hall–Kier alpha value is -0.360. The van der Waals surface area contributed by atoms with Crippen LogP contribution >= 0.6 is 23.1 Å². The molecule has 7 nitrogen and oxygen atoms in total. The van der Waals surface area contributed by atoms with Gasteiger partial charge in [-0.05, 0) is 27.4 Å². The van der Waals surface area contributed by atoms with E-state index in [-0.39, 0.29) is 22.9 Å². The molecule has 0 saturated carbocycles. The third-order valence-electron chi connectivity index (χ3n) is 3.51. The van der Waals surface area contributed by atoms with Crippen LogP contribution in [0.1, 0.15) is 25.0 Å². The van der Waals surface area contributed by atoms with Gasteiger partial charge < -0.3 is 19.1 Å². The zero-order valence-electron chi connectivity index (χ0n) is 14.3. The molecule has 0 saturated heterocycles. The second-order valence-corrected chi connectivity index (χ2v) is 10.0.